The fourth-order valence-corrected chi connectivity index (χ4v) is 2.65. The number of ether oxygens (including phenoxy) is 5. The van der Waals surface area contributed by atoms with E-state index in [2.05, 4.69) is 0 Å². The minimum absolute atomic E-state index is 0.0565. The predicted molar refractivity (Wildman–Crippen MR) is 78.3 cm³/mol. The zero-order valence-corrected chi connectivity index (χ0v) is 12.5. The number of nitrogen functional groups attached to an aromatic ring is 1. The Morgan fingerprint density at radius 3 is 2.55 bits per heavy atom. The molecule has 3 N–H and O–H groups in total. The largest absolute Gasteiger partial charge is 0.486 e. The highest BCUT2D eigenvalue weighted by atomic mass is 16.6. The van der Waals surface area contributed by atoms with Gasteiger partial charge in [-0.3, -0.25) is 0 Å². The maximum Gasteiger partial charge on any atom is 0.204 e. The molecule has 2 heterocycles. The molecule has 2 aliphatic heterocycles. The van der Waals surface area contributed by atoms with Crippen LogP contribution in [0.1, 0.15) is 24.7 Å². The first-order valence-electron chi connectivity index (χ1n) is 7.38. The quantitative estimate of drug-likeness (QED) is 0.638. The summed E-state index contributed by atoms with van der Waals surface area (Å²) in [4.78, 5) is 0. The van der Waals surface area contributed by atoms with E-state index in [-0.39, 0.29) is 6.10 Å². The zero-order chi connectivity index (χ0) is 15.5. The Balaban J connectivity index is 1.94. The van der Waals surface area contributed by atoms with Crippen molar-refractivity contribution in [3.05, 3.63) is 11.6 Å². The molecule has 0 aliphatic carbocycles. The highest BCUT2D eigenvalue weighted by Crippen LogP contribution is 2.48. The lowest BCUT2D eigenvalue weighted by molar-refractivity contribution is -0.0784. The highest BCUT2D eigenvalue weighted by molar-refractivity contribution is 5.67. The summed E-state index contributed by atoms with van der Waals surface area (Å²) in [5.41, 5.74) is 6.77. The van der Waals surface area contributed by atoms with Gasteiger partial charge in [-0.2, -0.15) is 0 Å². The van der Waals surface area contributed by atoms with Gasteiger partial charge in [0.05, 0.1) is 18.8 Å². The van der Waals surface area contributed by atoms with E-state index in [1.54, 1.807) is 6.07 Å². The molecule has 0 bridgehead atoms. The molecule has 0 amide bonds. The SMILES string of the molecule is COC(O)c1c(N)cc(OC2CCOCC2)c2c1OCCO2. The number of benzene rings is 1. The lowest BCUT2D eigenvalue weighted by Gasteiger charge is -2.29. The van der Waals surface area contributed by atoms with Crippen molar-refractivity contribution in [2.75, 3.05) is 39.3 Å². The molecular weight excluding hydrogens is 290 g/mol. The molecule has 0 aromatic heterocycles. The van der Waals surface area contributed by atoms with Crippen molar-refractivity contribution in [1.82, 2.24) is 0 Å². The summed E-state index contributed by atoms with van der Waals surface area (Å²) < 4.78 is 27.6. The van der Waals surface area contributed by atoms with E-state index in [1.165, 1.54) is 7.11 Å². The molecule has 1 atom stereocenters. The van der Waals surface area contributed by atoms with Gasteiger partial charge in [-0.1, -0.05) is 0 Å². The van der Waals surface area contributed by atoms with Crippen molar-refractivity contribution in [3.63, 3.8) is 0 Å². The number of fused-ring (bicyclic) bond motifs is 1. The van der Waals surface area contributed by atoms with E-state index < -0.39 is 6.29 Å². The Bertz CT molecular complexity index is 529. The Morgan fingerprint density at radius 1 is 1.18 bits per heavy atom. The highest BCUT2D eigenvalue weighted by Gasteiger charge is 2.29. The molecule has 2 aliphatic rings. The first-order chi connectivity index (χ1) is 10.7. The second-order valence-corrected chi connectivity index (χ2v) is 5.25. The van der Waals surface area contributed by atoms with E-state index in [4.69, 9.17) is 29.4 Å². The number of rotatable bonds is 4. The summed E-state index contributed by atoms with van der Waals surface area (Å²) in [7, 11) is 1.40. The average Bonchev–Trinajstić information content (AvgIpc) is 2.55. The maximum absolute atomic E-state index is 9.98. The predicted octanol–water partition coefficient (Wildman–Crippen LogP) is 1.24. The topological polar surface area (TPSA) is 92.4 Å². The monoisotopic (exact) mass is 311 g/mol. The molecule has 1 saturated heterocycles. The molecule has 122 valence electrons. The van der Waals surface area contributed by atoms with Crippen LogP contribution in [0.3, 0.4) is 0 Å². The summed E-state index contributed by atoms with van der Waals surface area (Å²) >= 11 is 0. The first kappa shape index (κ1) is 15.2. The fraction of sp³-hybridized carbons (Fsp3) is 0.600. The summed E-state index contributed by atoms with van der Waals surface area (Å²) in [6.07, 6.45) is 0.518. The number of aliphatic hydroxyl groups excluding tert-OH is 1. The van der Waals surface area contributed by atoms with E-state index >= 15 is 0 Å². The summed E-state index contributed by atoms with van der Waals surface area (Å²) in [6.45, 7) is 2.17. The van der Waals surface area contributed by atoms with E-state index in [0.29, 0.717) is 54.9 Å². The number of aliphatic hydroxyl groups is 1. The van der Waals surface area contributed by atoms with Crippen LogP contribution in [-0.2, 0) is 9.47 Å². The second-order valence-electron chi connectivity index (χ2n) is 5.25. The van der Waals surface area contributed by atoms with Crippen molar-refractivity contribution >= 4 is 5.69 Å². The average molecular weight is 311 g/mol. The Labute approximate surface area is 128 Å². The van der Waals surface area contributed by atoms with Gasteiger partial charge in [0.25, 0.3) is 0 Å². The number of hydrogen-bond acceptors (Lipinski definition) is 7. The van der Waals surface area contributed by atoms with E-state index in [1.807, 2.05) is 0 Å². The number of anilines is 1. The van der Waals surface area contributed by atoms with Crippen molar-refractivity contribution in [2.24, 2.45) is 0 Å². The third-order valence-electron chi connectivity index (χ3n) is 3.78. The smallest absolute Gasteiger partial charge is 0.204 e. The molecule has 3 rings (SSSR count). The molecular formula is C15H21NO6. The van der Waals surface area contributed by atoms with Crippen LogP contribution in [0.2, 0.25) is 0 Å². The lowest BCUT2D eigenvalue weighted by Crippen LogP contribution is -2.27. The third kappa shape index (κ3) is 2.92. The van der Waals surface area contributed by atoms with Gasteiger partial charge in [0.1, 0.15) is 19.3 Å². The fourth-order valence-electron chi connectivity index (χ4n) is 2.65. The van der Waals surface area contributed by atoms with Gasteiger partial charge in [-0.05, 0) is 0 Å². The van der Waals surface area contributed by atoms with Crippen molar-refractivity contribution in [3.8, 4) is 17.2 Å². The number of methoxy groups -OCH3 is 1. The van der Waals surface area contributed by atoms with Gasteiger partial charge in [-0.15, -0.1) is 0 Å². The molecule has 7 heteroatoms. The summed E-state index contributed by atoms with van der Waals surface area (Å²) in [5.74, 6) is 1.40. The molecule has 1 unspecified atom stereocenters. The minimum atomic E-state index is -1.17. The van der Waals surface area contributed by atoms with Crippen LogP contribution in [0.5, 0.6) is 17.2 Å². The van der Waals surface area contributed by atoms with Gasteiger partial charge in [-0.25, -0.2) is 0 Å². The molecule has 1 aromatic rings. The number of hydrogen-bond donors (Lipinski definition) is 2. The van der Waals surface area contributed by atoms with Crippen LogP contribution in [0.25, 0.3) is 0 Å². The number of nitrogens with two attached hydrogens (primary N) is 1. The first-order valence-corrected chi connectivity index (χ1v) is 7.38. The molecule has 0 spiro atoms. The van der Waals surface area contributed by atoms with Crippen LogP contribution in [0, 0.1) is 0 Å². The van der Waals surface area contributed by atoms with Crippen molar-refractivity contribution in [1.29, 1.82) is 0 Å². The summed E-state index contributed by atoms with van der Waals surface area (Å²) in [5, 5.41) is 9.98. The summed E-state index contributed by atoms with van der Waals surface area (Å²) in [6, 6.07) is 1.65. The van der Waals surface area contributed by atoms with Gasteiger partial charge in [0, 0.05) is 31.7 Å². The van der Waals surface area contributed by atoms with Crippen molar-refractivity contribution < 1.29 is 28.8 Å². The molecule has 0 saturated carbocycles. The normalized spacial score (nSPS) is 19.7. The van der Waals surface area contributed by atoms with Crippen LogP contribution >= 0.6 is 0 Å². The van der Waals surface area contributed by atoms with Gasteiger partial charge in [0.15, 0.2) is 17.8 Å². The molecule has 7 nitrogen and oxygen atoms in total. The molecule has 1 fully saturated rings. The molecule has 1 aromatic carbocycles. The Hall–Kier alpha value is -1.70. The Morgan fingerprint density at radius 2 is 1.86 bits per heavy atom. The van der Waals surface area contributed by atoms with Gasteiger partial charge in [0.2, 0.25) is 5.75 Å². The van der Waals surface area contributed by atoms with Crippen LogP contribution < -0.4 is 19.9 Å². The molecule has 22 heavy (non-hydrogen) atoms. The maximum atomic E-state index is 9.98. The second kappa shape index (κ2) is 6.60. The zero-order valence-electron chi connectivity index (χ0n) is 12.5. The van der Waals surface area contributed by atoms with Crippen LogP contribution in [0.4, 0.5) is 5.69 Å². The van der Waals surface area contributed by atoms with Gasteiger partial charge < -0.3 is 34.5 Å². The van der Waals surface area contributed by atoms with E-state index in [9.17, 15) is 5.11 Å². The minimum Gasteiger partial charge on any atom is -0.486 e. The van der Waals surface area contributed by atoms with Crippen molar-refractivity contribution in [2.45, 2.75) is 25.2 Å². The molecule has 0 radical (unpaired) electrons. The third-order valence-corrected chi connectivity index (χ3v) is 3.78. The van der Waals surface area contributed by atoms with Crippen LogP contribution in [0.15, 0.2) is 6.07 Å². The van der Waals surface area contributed by atoms with Gasteiger partial charge >= 0.3 is 0 Å². The Kier molecular flexibility index (Phi) is 4.56. The standard InChI is InChI=1S/C15H21NO6/c1-18-15(17)12-10(16)8-11(13-14(12)21-7-6-20-13)22-9-2-4-19-5-3-9/h8-9,15,17H,2-7,16H2,1H3. The van der Waals surface area contributed by atoms with Crippen LogP contribution in [-0.4, -0.2) is 44.7 Å². The van der Waals surface area contributed by atoms with E-state index in [0.717, 1.165) is 12.8 Å². The lowest BCUT2D eigenvalue weighted by atomic mass is 10.1.